The molecule has 0 fully saturated rings. The number of ether oxygens (including phenoxy) is 6. The standard InChI is InChI=1S/C27H45N3O9/c1-34-21(35-2)13-7-10-17-16-20(25(28)31)19(12-9-15-23(38-5)39-6)24(26(32)30-27(29)33)18(17)11-8-14-22(36-3)37-4/h16,21-23H,7-15H2,1-6H3,(H2,28,31)(H3,29,30,32,33). The number of rotatable bonds is 20. The van der Waals surface area contributed by atoms with Crippen LogP contribution < -0.4 is 16.8 Å². The van der Waals surface area contributed by atoms with Gasteiger partial charge in [0.1, 0.15) is 0 Å². The van der Waals surface area contributed by atoms with Crippen molar-refractivity contribution in [2.75, 3.05) is 42.7 Å². The summed E-state index contributed by atoms with van der Waals surface area (Å²) in [5.41, 5.74) is 13.5. The maximum absolute atomic E-state index is 13.4. The van der Waals surface area contributed by atoms with Gasteiger partial charge in [0.15, 0.2) is 18.9 Å². The van der Waals surface area contributed by atoms with E-state index in [1.807, 2.05) is 0 Å². The number of methoxy groups -OCH3 is 6. The Hall–Kier alpha value is -2.61. The molecule has 0 aliphatic carbocycles. The Bertz CT molecular complexity index is 914. The molecule has 39 heavy (non-hydrogen) atoms. The Kier molecular flexibility index (Phi) is 16.4. The van der Waals surface area contributed by atoms with Crippen molar-refractivity contribution < 1.29 is 42.8 Å². The third-order valence-electron chi connectivity index (χ3n) is 6.56. The van der Waals surface area contributed by atoms with Crippen LogP contribution in [0.15, 0.2) is 6.07 Å². The molecular weight excluding hydrogens is 510 g/mol. The van der Waals surface area contributed by atoms with Crippen molar-refractivity contribution in [3.05, 3.63) is 33.9 Å². The van der Waals surface area contributed by atoms with Crippen LogP contribution in [0.1, 0.15) is 75.9 Å². The molecule has 0 aliphatic heterocycles. The molecule has 0 unspecified atom stereocenters. The Morgan fingerprint density at radius 3 is 1.49 bits per heavy atom. The van der Waals surface area contributed by atoms with Gasteiger partial charge in [0.2, 0.25) is 5.91 Å². The van der Waals surface area contributed by atoms with Gasteiger partial charge in [0.05, 0.1) is 0 Å². The zero-order valence-corrected chi connectivity index (χ0v) is 24.0. The average Bonchev–Trinajstić information content (AvgIpc) is 2.91. The third kappa shape index (κ3) is 11.2. The number of imide groups is 1. The molecule has 5 N–H and O–H groups in total. The highest BCUT2D eigenvalue weighted by Gasteiger charge is 2.26. The fourth-order valence-corrected chi connectivity index (χ4v) is 4.61. The number of urea groups is 1. The lowest BCUT2D eigenvalue weighted by atomic mass is 9.84. The lowest BCUT2D eigenvalue weighted by Crippen LogP contribution is -2.37. The minimum absolute atomic E-state index is 0.219. The van der Waals surface area contributed by atoms with Gasteiger partial charge >= 0.3 is 6.03 Å². The minimum Gasteiger partial charge on any atom is -0.366 e. The van der Waals surface area contributed by atoms with Gasteiger partial charge < -0.3 is 39.9 Å². The maximum atomic E-state index is 13.4. The van der Waals surface area contributed by atoms with Gasteiger partial charge in [-0.05, 0) is 80.5 Å². The lowest BCUT2D eigenvalue weighted by Gasteiger charge is -2.23. The molecule has 0 aliphatic rings. The van der Waals surface area contributed by atoms with E-state index in [-0.39, 0.29) is 17.4 Å². The van der Waals surface area contributed by atoms with E-state index in [9.17, 15) is 14.4 Å². The summed E-state index contributed by atoms with van der Waals surface area (Å²) in [7, 11) is 9.30. The molecule has 0 heterocycles. The van der Waals surface area contributed by atoms with E-state index in [2.05, 4.69) is 5.32 Å². The second-order valence-corrected chi connectivity index (χ2v) is 8.98. The van der Waals surface area contributed by atoms with Crippen LogP contribution in [-0.2, 0) is 47.7 Å². The highest BCUT2D eigenvalue weighted by atomic mass is 16.7. The first kappa shape index (κ1) is 34.4. The molecule has 222 valence electrons. The van der Waals surface area contributed by atoms with E-state index >= 15 is 0 Å². The summed E-state index contributed by atoms with van der Waals surface area (Å²) < 4.78 is 31.7. The number of amides is 4. The highest BCUT2D eigenvalue weighted by molar-refractivity contribution is 6.08. The van der Waals surface area contributed by atoms with Gasteiger partial charge in [-0.15, -0.1) is 0 Å². The van der Waals surface area contributed by atoms with Crippen molar-refractivity contribution in [2.45, 2.75) is 76.7 Å². The second kappa shape index (κ2) is 18.6. The molecule has 12 nitrogen and oxygen atoms in total. The van der Waals surface area contributed by atoms with E-state index in [1.165, 1.54) is 14.2 Å². The number of hydrogen-bond acceptors (Lipinski definition) is 9. The van der Waals surface area contributed by atoms with Crippen LogP contribution in [0.3, 0.4) is 0 Å². The smallest absolute Gasteiger partial charge is 0.319 e. The number of hydrogen-bond donors (Lipinski definition) is 3. The van der Waals surface area contributed by atoms with E-state index in [0.717, 1.165) is 5.56 Å². The largest absolute Gasteiger partial charge is 0.366 e. The van der Waals surface area contributed by atoms with Crippen molar-refractivity contribution in [1.29, 1.82) is 0 Å². The van der Waals surface area contributed by atoms with Crippen LogP contribution in [0.2, 0.25) is 0 Å². The molecule has 1 rings (SSSR count). The van der Waals surface area contributed by atoms with Gasteiger partial charge in [0, 0.05) is 53.8 Å². The Morgan fingerprint density at radius 2 is 1.10 bits per heavy atom. The fraction of sp³-hybridized carbons (Fsp3) is 0.667. The van der Waals surface area contributed by atoms with Crippen molar-refractivity contribution in [2.24, 2.45) is 11.5 Å². The van der Waals surface area contributed by atoms with Crippen LogP contribution in [0.4, 0.5) is 4.79 Å². The van der Waals surface area contributed by atoms with Gasteiger partial charge in [-0.2, -0.15) is 0 Å². The summed E-state index contributed by atoms with van der Waals surface area (Å²) >= 11 is 0. The molecule has 1 aromatic rings. The summed E-state index contributed by atoms with van der Waals surface area (Å²) in [5, 5.41) is 2.18. The topological polar surface area (TPSA) is 171 Å². The van der Waals surface area contributed by atoms with Gasteiger partial charge in [0.25, 0.3) is 5.91 Å². The van der Waals surface area contributed by atoms with Gasteiger partial charge in [-0.25, -0.2) is 4.79 Å². The van der Waals surface area contributed by atoms with Crippen LogP contribution in [-0.4, -0.2) is 79.4 Å². The quantitative estimate of drug-likeness (QED) is 0.204. The summed E-state index contributed by atoms with van der Waals surface area (Å²) in [4.78, 5) is 37.7. The van der Waals surface area contributed by atoms with E-state index in [4.69, 9.17) is 39.9 Å². The molecule has 4 amide bonds. The molecule has 0 atom stereocenters. The zero-order valence-electron chi connectivity index (χ0n) is 24.0. The molecule has 0 radical (unpaired) electrons. The molecular formula is C27H45N3O9. The Morgan fingerprint density at radius 1 is 0.692 bits per heavy atom. The third-order valence-corrected chi connectivity index (χ3v) is 6.56. The molecule has 0 aromatic heterocycles. The van der Waals surface area contributed by atoms with Crippen molar-refractivity contribution >= 4 is 17.8 Å². The lowest BCUT2D eigenvalue weighted by molar-refractivity contribution is -0.107. The SMILES string of the molecule is COC(CCCc1cc(C(N)=O)c(CCCC(OC)OC)c(C(=O)NC(N)=O)c1CCCC(OC)OC)OC. The van der Waals surface area contributed by atoms with Crippen molar-refractivity contribution in [3.8, 4) is 0 Å². The summed E-state index contributed by atoms with van der Waals surface area (Å²) in [6, 6.07) is 0.750. The first-order valence-electron chi connectivity index (χ1n) is 12.9. The van der Waals surface area contributed by atoms with Crippen LogP contribution in [0.5, 0.6) is 0 Å². The number of primary amides is 2. The predicted octanol–water partition coefficient (Wildman–Crippen LogP) is 2.42. The number of benzene rings is 1. The predicted molar refractivity (Wildman–Crippen MR) is 144 cm³/mol. The molecule has 0 saturated carbocycles. The number of carbonyl (C=O) groups excluding carboxylic acids is 3. The van der Waals surface area contributed by atoms with E-state index in [0.29, 0.717) is 68.9 Å². The molecule has 12 heteroatoms. The highest BCUT2D eigenvalue weighted by Crippen LogP contribution is 2.29. The monoisotopic (exact) mass is 555 g/mol. The fourth-order valence-electron chi connectivity index (χ4n) is 4.61. The normalized spacial score (nSPS) is 11.5. The summed E-state index contributed by atoms with van der Waals surface area (Å²) in [6.07, 6.45) is 3.51. The molecule has 0 bridgehead atoms. The van der Waals surface area contributed by atoms with Crippen LogP contribution >= 0.6 is 0 Å². The number of nitrogens with one attached hydrogen (secondary N) is 1. The first-order valence-corrected chi connectivity index (χ1v) is 12.9. The first-order chi connectivity index (χ1) is 18.7. The van der Waals surface area contributed by atoms with Gasteiger partial charge in [-0.3, -0.25) is 14.9 Å². The Balaban J connectivity index is 3.63. The minimum atomic E-state index is -0.997. The zero-order chi connectivity index (χ0) is 29.4. The molecule has 0 spiro atoms. The van der Waals surface area contributed by atoms with Crippen molar-refractivity contribution in [3.63, 3.8) is 0 Å². The average molecular weight is 556 g/mol. The number of aryl methyl sites for hydroxylation is 1. The molecule has 1 aromatic carbocycles. The van der Waals surface area contributed by atoms with Crippen molar-refractivity contribution in [1.82, 2.24) is 5.32 Å². The number of carbonyl (C=O) groups is 3. The van der Waals surface area contributed by atoms with Gasteiger partial charge in [-0.1, -0.05) is 0 Å². The Labute approximate surface area is 230 Å². The molecule has 0 saturated heterocycles. The van der Waals surface area contributed by atoms with Crippen LogP contribution in [0.25, 0.3) is 0 Å². The maximum Gasteiger partial charge on any atom is 0.319 e. The van der Waals surface area contributed by atoms with Crippen LogP contribution in [0, 0.1) is 0 Å². The number of nitrogens with two attached hydrogens (primary N) is 2. The van der Waals surface area contributed by atoms with E-state index < -0.39 is 30.4 Å². The summed E-state index contributed by atoms with van der Waals surface area (Å²) in [5.74, 6) is -1.36. The second-order valence-electron chi connectivity index (χ2n) is 8.98. The summed E-state index contributed by atoms with van der Waals surface area (Å²) in [6.45, 7) is 0. The van der Waals surface area contributed by atoms with E-state index in [1.54, 1.807) is 34.5 Å².